The number of aliphatic hydroxyl groups excluding tert-OH is 1. The molecule has 0 aromatic rings. The lowest BCUT2D eigenvalue weighted by molar-refractivity contribution is 0.0591. The molecule has 2 nitrogen and oxygen atoms in total. The summed E-state index contributed by atoms with van der Waals surface area (Å²) in [6, 6.07) is 0.505. The fraction of sp³-hybridized carbons (Fsp3) is 1.00. The highest BCUT2D eigenvalue weighted by Gasteiger charge is 2.30. The first-order valence-corrected chi connectivity index (χ1v) is 5.30. The average molecular weight is 169 g/mol. The van der Waals surface area contributed by atoms with Gasteiger partial charge in [-0.1, -0.05) is 6.42 Å². The number of nitrogens with zero attached hydrogens (tertiary/aromatic N) is 1. The van der Waals surface area contributed by atoms with Gasteiger partial charge in [0.1, 0.15) is 0 Å². The van der Waals surface area contributed by atoms with Crippen LogP contribution in [0.5, 0.6) is 0 Å². The maximum atomic E-state index is 9.70. The number of rotatable bonds is 1. The van der Waals surface area contributed by atoms with Crippen LogP contribution >= 0.6 is 0 Å². The molecule has 1 heterocycles. The van der Waals surface area contributed by atoms with Crippen molar-refractivity contribution in [3.8, 4) is 0 Å². The third-order valence-corrected chi connectivity index (χ3v) is 3.30. The monoisotopic (exact) mass is 169 g/mol. The zero-order valence-corrected chi connectivity index (χ0v) is 7.71. The first-order valence-electron chi connectivity index (χ1n) is 5.30. The normalized spacial score (nSPS) is 38.8. The van der Waals surface area contributed by atoms with E-state index in [1.165, 1.54) is 45.2 Å². The molecular formula is C10H19NO. The molecule has 0 amide bonds. The lowest BCUT2D eigenvalue weighted by atomic mass is 10.1. The minimum atomic E-state index is -0.0249. The second-order valence-corrected chi connectivity index (χ2v) is 4.16. The summed E-state index contributed by atoms with van der Waals surface area (Å²) in [5.74, 6) is 0. The highest BCUT2D eigenvalue weighted by atomic mass is 16.3. The van der Waals surface area contributed by atoms with Gasteiger partial charge in [-0.2, -0.15) is 0 Å². The van der Waals surface area contributed by atoms with Crippen LogP contribution in [0.2, 0.25) is 0 Å². The molecule has 0 spiro atoms. The smallest absolute Gasteiger partial charge is 0.0695 e. The van der Waals surface area contributed by atoms with Crippen LogP contribution in [0, 0.1) is 0 Å². The topological polar surface area (TPSA) is 23.5 Å². The quantitative estimate of drug-likeness (QED) is 0.641. The Morgan fingerprint density at radius 3 is 2.25 bits per heavy atom. The van der Waals surface area contributed by atoms with Crippen LogP contribution in [-0.4, -0.2) is 35.2 Å². The van der Waals surface area contributed by atoms with Gasteiger partial charge in [0.2, 0.25) is 0 Å². The molecule has 2 aliphatic rings. The molecule has 1 aliphatic heterocycles. The first-order chi connectivity index (χ1) is 5.88. The Bertz CT molecular complexity index is 143. The van der Waals surface area contributed by atoms with Crippen LogP contribution in [0.25, 0.3) is 0 Å². The van der Waals surface area contributed by atoms with Gasteiger partial charge in [0.05, 0.1) is 6.10 Å². The van der Waals surface area contributed by atoms with Crippen LogP contribution in [-0.2, 0) is 0 Å². The maximum absolute atomic E-state index is 9.70. The summed E-state index contributed by atoms with van der Waals surface area (Å²) in [5.41, 5.74) is 0. The van der Waals surface area contributed by atoms with Crippen LogP contribution in [0.3, 0.4) is 0 Å². The Morgan fingerprint density at radius 1 is 0.917 bits per heavy atom. The molecule has 2 heteroatoms. The van der Waals surface area contributed by atoms with Gasteiger partial charge in [0.25, 0.3) is 0 Å². The molecule has 2 atom stereocenters. The highest BCUT2D eigenvalue weighted by Crippen LogP contribution is 2.26. The zero-order chi connectivity index (χ0) is 8.39. The molecule has 70 valence electrons. The van der Waals surface area contributed by atoms with E-state index in [1.54, 1.807) is 0 Å². The van der Waals surface area contributed by atoms with Crippen molar-refractivity contribution >= 4 is 0 Å². The van der Waals surface area contributed by atoms with Crippen molar-refractivity contribution in [2.24, 2.45) is 0 Å². The van der Waals surface area contributed by atoms with Gasteiger partial charge in [-0.25, -0.2) is 0 Å². The van der Waals surface area contributed by atoms with Crippen molar-refractivity contribution in [3.05, 3.63) is 0 Å². The van der Waals surface area contributed by atoms with Crippen LogP contribution in [0.1, 0.15) is 38.5 Å². The molecule has 2 fully saturated rings. The zero-order valence-electron chi connectivity index (χ0n) is 7.71. The van der Waals surface area contributed by atoms with Crippen molar-refractivity contribution in [2.45, 2.75) is 50.7 Å². The van der Waals surface area contributed by atoms with Gasteiger partial charge in [-0.05, 0) is 45.2 Å². The molecule has 0 aromatic heterocycles. The molecule has 2 rings (SSSR count). The Morgan fingerprint density at radius 2 is 1.67 bits per heavy atom. The Kier molecular flexibility index (Phi) is 2.66. The molecule has 12 heavy (non-hydrogen) atoms. The van der Waals surface area contributed by atoms with E-state index in [1.807, 2.05) is 0 Å². The molecule has 1 aliphatic carbocycles. The van der Waals surface area contributed by atoms with Gasteiger partial charge in [-0.15, -0.1) is 0 Å². The third kappa shape index (κ3) is 1.64. The van der Waals surface area contributed by atoms with E-state index >= 15 is 0 Å². The van der Waals surface area contributed by atoms with Crippen LogP contribution in [0.15, 0.2) is 0 Å². The minimum absolute atomic E-state index is 0.0249. The summed E-state index contributed by atoms with van der Waals surface area (Å²) in [6.07, 6.45) is 7.51. The highest BCUT2D eigenvalue weighted by molar-refractivity contribution is 4.86. The number of hydrogen-bond donors (Lipinski definition) is 1. The summed E-state index contributed by atoms with van der Waals surface area (Å²) in [5, 5.41) is 9.70. The summed E-state index contributed by atoms with van der Waals surface area (Å²) in [7, 11) is 0. The number of hydrogen-bond acceptors (Lipinski definition) is 2. The third-order valence-electron chi connectivity index (χ3n) is 3.30. The molecule has 1 N–H and O–H groups in total. The van der Waals surface area contributed by atoms with Crippen molar-refractivity contribution in [2.75, 3.05) is 13.1 Å². The number of likely N-dealkylation sites (tertiary alicyclic amines) is 1. The lowest BCUT2D eigenvalue weighted by Gasteiger charge is -2.33. The summed E-state index contributed by atoms with van der Waals surface area (Å²) in [6.45, 7) is 2.45. The van der Waals surface area contributed by atoms with E-state index in [0.29, 0.717) is 6.04 Å². The predicted octanol–water partition coefficient (Wildman–Crippen LogP) is 1.39. The molecule has 1 saturated carbocycles. The average Bonchev–Trinajstić information content (AvgIpc) is 2.53. The summed E-state index contributed by atoms with van der Waals surface area (Å²) in [4.78, 5) is 2.50. The molecule has 0 aromatic carbocycles. The van der Waals surface area contributed by atoms with Gasteiger partial charge in [-0.3, -0.25) is 4.90 Å². The van der Waals surface area contributed by atoms with E-state index < -0.39 is 0 Å². The second kappa shape index (κ2) is 3.75. The lowest BCUT2D eigenvalue weighted by Crippen LogP contribution is -2.43. The van der Waals surface area contributed by atoms with E-state index in [0.717, 1.165) is 6.42 Å². The molecular weight excluding hydrogens is 150 g/mol. The van der Waals surface area contributed by atoms with Gasteiger partial charge in [0, 0.05) is 6.04 Å². The van der Waals surface area contributed by atoms with E-state index in [4.69, 9.17) is 0 Å². The van der Waals surface area contributed by atoms with Crippen LogP contribution < -0.4 is 0 Å². The standard InChI is InChI=1S/C10H19NO/c12-10-6-4-5-9(10)11-7-2-1-3-8-11/h9-10,12H,1-8H2/t9-,10-/m1/s1. The largest absolute Gasteiger partial charge is 0.391 e. The number of piperidine rings is 1. The van der Waals surface area contributed by atoms with E-state index in [-0.39, 0.29) is 6.10 Å². The molecule has 0 bridgehead atoms. The Hall–Kier alpha value is -0.0800. The Balaban J connectivity index is 1.89. The SMILES string of the molecule is O[C@@H]1CCC[C@H]1N1CCCCC1. The maximum Gasteiger partial charge on any atom is 0.0695 e. The fourth-order valence-electron chi connectivity index (χ4n) is 2.60. The Labute approximate surface area is 74.6 Å². The van der Waals surface area contributed by atoms with E-state index in [2.05, 4.69) is 4.90 Å². The van der Waals surface area contributed by atoms with Crippen molar-refractivity contribution < 1.29 is 5.11 Å². The predicted molar refractivity (Wildman–Crippen MR) is 49.1 cm³/mol. The molecule has 1 saturated heterocycles. The number of aliphatic hydroxyl groups is 1. The van der Waals surface area contributed by atoms with Gasteiger partial charge < -0.3 is 5.11 Å². The van der Waals surface area contributed by atoms with Crippen molar-refractivity contribution in [1.82, 2.24) is 4.90 Å². The first kappa shape index (κ1) is 8.52. The van der Waals surface area contributed by atoms with Gasteiger partial charge >= 0.3 is 0 Å². The van der Waals surface area contributed by atoms with Gasteiger partial charge in [0.15, 0.2) is 0 Å². The minimum Gasteiger partial charge on any atom is -0.391 e. The summed E-state index contributed by atoms with van der Waals surface area (Å²) < 4.78 is 0. The summed E-state index contributed by atoms with van der Waals surface area (Å²) >= 11 is 0. The second-order valence-electron chi connectivity index (χ2n) is 4.16. The van der Waals surface area contributed by atoms with Crippen molar-refractivity contribution in [1.29, 1.82) is 0 Å². The van der Waals surface area contributed by atoms with Crippen molar-refractivity contribution in [3.63, 3.8) is 0 Å². The fourth-order valence-corrected chi connectivity index (χ4v) is 2.60. The van der Waals surface area contributed by atoms with Crippen LogP contribution in [0.4, 0.5) is 0 Å². The molecule has 0 radical (unpaired) electrons. The van der Waals surface area contributed by atoms with E-state index in [9.17, 15) is 5.11 Å². The molecule has 0 unspecified atom stereocenters.